The van der Waals surface area contributed by atoms with Gasteiger partial charge < -0.3 is 15.0 Å². The Hall–Kier alpha value is -4.60. The maximum absolute atomic E-state index is 12.4. The number of amides is 1. The lowest BCUT2D eigenvalue weighted by atomic mass is 10.1. The van der Waals surface area contributed by atoms with Crippen LogP contribution in [-0.2, 0) is 19.5 Å². The van der Waals surface area contributed by atoms with Gasteiger partial charge in [-0.05, 0) is 62.1 Å². The number of benzene rings is 1. The van der Waals surface area contributed by atoms with Crippen molar-refractivity contribution in [3.05, 3.63) is 83.6 Å². The van der Waals surface area contributed by atoms with Gasteiger partial charge in [0, 0.05) is 41.6 Å². The predicted octanol–water partition coefficient (Wildman–Crippen LogP) is 3.88. The number of carbonyl (C=O) groups is 1. The van der Waals surface area contributed by atoms with E-state index in [4.69, 9.17) is 4.74 Å². The molecule has 37 heavy (non-hydrogen) atoms. The lowest BCUT2D eigenvalue weighted by Crippen LogP contribution is -2.23. The van der Waals surface area contributed by atoms with Crippen LogP contribution in [0.5, 0.6) is 5.75 Å². The smallest absolute Gasteiger partial charge is 0.273 e. The normalized spacial score (nSPS) is 11.1. The summed E-state index contributed by atoms with van der Waals surface area (Å²) < 4.78 is 7.02. The van der Waals surface area contributed by atoms with Gasteiger partial charge in [-0.3, -0.25) is 14.5 Å². The monoisotopic (exact) mass is 496 g/mol. The molecule has 0 fully saturated rings. The summed E-state index contributed by atoms with van der Waals surface area (Å²) in [6.07, 6.45) is 6.02. The molecule has 10 heteroatoms. The van der Waals surface area contributed by atoms with Crippen LogP contribution in [0.4, 0.5) is 0 Å². The zero-order valence-corrected chi connectivity index (χ0v) is 20.8. The summed E-state index contributed by atoms with van der Waals surface area (Å²) in [7, 11) is 1.66. The van der Waals surface area contributed by atoms with Crippen molar-refractivity contribution in [2.24, 2.45) is 0 Å². The van der Waals surface area contributed by atoms with Gasteiger partial charge in [-0.25, -0.2) is 0 Å². The molecule has 0 atom stereocenters. The summed E-state index contributed by atoms with van der Waals surface area (Å²) in [5.41, 5.74) is 5.88. The molecule has 0 aliphatic carbocycles. The Morgan fingerprint density at radius 1 is 1.08 bits per heavy atom. The summed E-state index contributed by atoms with van der Waals surface area (Å²) in [6, 6.07) is 15.9. The second-order valence-corrected chi connectivity index (χ2v) is 8.87. The van der Waals surface area contributed by atoms with E-state index >= 15 is 0 Å². The topological polar surface area (TPSA) is 124 Å². The molecular weight excluding hydrogens is 468 g/mol. The summed E-state index contributed by atoms with van der Waals surface area (Å²) in [4.78, 5) is 19.9. The Labute approximate surface area is 214 Å². The van der Waals surface area contributed by atoms with Crippen molar-refractivity contribution in [3.63, 3.8) is 0 Å². The van der Waals surface area contributed by atoms with Crippen LogP contribution in [0, 0.1) is 6.92 Å². The highest BCUT2D eigenvalue weighted by Gasteiger charge is 2.11. The summed E-state index contributed by atoms with van der Waals surface area (Å²) in [5.74, 6) is 0.554. The lowest BCUT2D eigenvalue weighted by molar-refractivity contribution is 0.0945. The molecule has 0 spiro atoms. The van der Waals surface area contributed by atoms with E-state index in [9.17, 15) is 4.79 Å². The van der Waals surface area contributed by atoms with Crippen LogP contribution in [0.15, 0.2) is 60.9 Å². The van der Waals surface area contributed by atoms with E-state index < -0.39 is 0 Å². The first-order valence-corrected chi connectivity index (χ1v) is 12.2. The Bertz CT molecular complexity index is 1510. The molecule has 4 aromatic heterocycles. The minimum absolute atomic E-state index is 0.254. The molecule has 4 heterocycles. The minimum Gasteiger partial charge on any atom is -0.497 e. The first kappa shape index (κ1) is 24.1. The van der Waals surface area contributed by atoms with Crippen molar-refractivity contribution in [3.8, 4) is 17.0 Å². The zero-order valence-electron chi connectivity index (χ0n) is 20.8. The van der Waals surface area contributed by atoms with Gasteiger partial charge in [0.25, 0.3) is 5.91 Å². The second kappa shape index (κ2) is 11.0. The number of aromatic amines is 1. The number of nitrogens with zero attached hydrogens (tertiary/aromatic N) is 6. The predicted molar refractivity (Wildman–Crippen MR) is 139 cm³/mol. The number of H-pyrrole nitrogens is 1. The van der Waals surface area contributed by atoms with Crippen LogP contribution in [0.25, 0.3) is 22.3 Å². The molecule has 5 rings (SSSR count). The molecule has 0 saturated carbocycles. The fourth-order valence-electron chi connectivity index (χ4n) is 4.01. The Kier molecular flexibility index (Phi) is 7.16. The molecule has 0 bridgehead atoms. The molecule has 1 amide bonds. The molecule has 1 aromatic carbocycles. The van der Waals surface area contributed by atoms with E-state index in [0.717, 1.165) is 64.3 Å². The van der Waals surface area contributed by atoms with Crippen LogP contribution in [0.1, 0.15) is 40.3 Å². The van der Waals surface area contributed by atoms with Gasteiger partial charge >= 0.3 is 0 Å². The van der Waals surface area contributed by atoms with E-state index in [1.807, 2.05) is 43.3 Å². The number of rotatable bonds is 10. The second-order valence-electron chi connectivity index (χ2n) is 8.87. The van der Waals surface area contributed by atoms with Crippen molar-refractivity contribution in [1.82, 2.24) is 40.5 Å². The maximum atomic E-state index is 12.4. The summed E-state index contributed by atoms with van der Waals surface area (Å²) >= 11 is 0. The van der Waals surface area contributed by atoms with Gasteiger partial charge in [-0.15, -0.1) is 10.2 Å². The molecule has 10 nitrogen and oxygen atoms in total. The highest BCUT2D eigenvalue weighted by atomic mass is 16.5. The quantitative estimate of drug-likeness (QED) is 0.281. The van der Waals surface area contributed by atoms with Gasteiger partial charge in [-0.1, -0.05) is 23.4 Å². The first-order chi connectivity index (χ1) is 18.1. The van der Waals surface area contributed by atoms with Crippen molar-refractivity contribution >= 4 is 16.9 Å². The van der Waals surface area contributed by atoms with Crippen molar-refractivity contribution in [1.29, 1.82) is 0 Å². The average Bonchev–Trinajstić information content (AvgIpc) is 3.58. The van der Waals surface area contributed by atoms with Gasteiger partial charge in [0.05, 0.1) is 19.0 Å². The number of hydrogen-bond acceptors (Lipinski definition) is 7. The van der Waals surface area contributed by atoms with Gasteiger partial charge in [-0.2, -0.15) is 5.10 Å². The van der Waals surface area contributed by atoms with Crippen molar-refractivity contribution in [2.45, 2.75) is 39.3 Å². The maximum Gasteiger partial charge on any atom is 0.273 e. The molecular formula is C27H28N8O2. The van der Waals surface area contributed by atoms with Crippen molar-refractivity contribution in [2.75, 3.05) is 7.11 Å². The number of unbranched alkanes of at least 4 members (excludes halogenated alkanes) is 1. The molecule has 188 valence electrons. The standard InChI is InChI=1S/C27H28N8O2/c1-18-9-10-19(15-28-18)16-29-27(36)25-17-35(34-32-25)11-4-3-7-22-12-21-14-24(30-26(21)33-31-22)20-6-5-8-23(13-20)37-2/h5-6,8-10,12-15,17H,3-4,7,11,16H2,1-2H3,(H,29,36)(H,30,33). The number of nitrogens with one attached hydrogen (secondary N) is 2. The molecule has 0 aliphatic rings. The fourth-order valence-corrected chi connectivity index (χ4v) is 4.01. The Morgan fingerprint density at radius 3 is 2.84 bits per heavy atom. The third kappa shape index (κ3) is 5.97. The van der Waals surface area contributed by atoms with Crippen LogP contribution in [-0.4, -0.2) is 48.2 Å². The van der Waals surface area contributed by atoms with Crippen LogP contribution in [0.2, 0.25) is 0 Å². The highest BCUT2D eigenvalue weighted by Crippen LogP contribution is 2.26. The third-order valence-corrected chi connectivity index (χ3v) is 6.07. The molecule has 0 radical (unpaired) electrons. The van der Waals surface area contributed by atoms with Crippen LogP contribution < -0.4 is 10.1 Å². The van der Waals surface area contributed by atoms with Gasteiger partial charge in [0.2, 0.25) is 0 Å². The number of hydrogen-bond donors (Lipinski definition) is 2. The van der Waals surface area contributed by atoms with E-state index in [1.165, 1.54) is 0 Å². The first-order valence-electron chi connectivity index (χ1n) is 12.2. The van der Waals surface area contributed by atoms with E-state index in [-0.39, 0.29) is 5.91 Å². The fraction of sp³-hybridized carbons (Fsp3) is 0.259. The van der Waals surface area contributed by atoms with E-state index in [2.05, 4.69) is 47.9 Å². The lowest BCUT2D eigenvalue weighted by Gasteiger charge is -2.03. The zero-order chi connectivity index (χ0) is 25.6. The molecule has 0 unspecified atom stereocenters. The molecule has 2 N–H and O–H groups in total. The highest BCUT2D eigenvalue weighted by molar-refractivity contribution is 5.91. The van der Waals surface area contributed by atoms with Gasteiger partial charge in [0.15, 0.2) is 11.3 Å². The molecule has 0 aliphatic heterocycles. The Morgan fingerprint density at radius 2 is 2.00 bits per heavy atom. The number of ether oxygens (including phenoxy) is 1. The van der Waals surface area contributed by atoms with Crippen LogP contribution in [0.3, 0.4) is 0 Å². The van der Waals surface area contributed by atoms with E-state index in [1.54, 1.807) is 24.2 Å². The average molecular weight is 497 g/mol. The number of methoxy groups -OCH3 is 1. The number of fused-ring (bicyclic) bond motifs is 1. The van der Waals surface area contributed by atoms with Crippen LogP contribution >= 0.6 is 0 Å². The number of aryl methyl sites for hydroxylation is 3. The van der Waals surface area contributed by atoms with E-state index in [0.29, 0.717) is 18.8 Å². The number of pyridine rings is 1. The summed E-state index contributed by atoms with van der Waals surface area (Å²) in [5, 5.41) is 20.7. The van der Waals surface area contributed by atoms with Crippen molar-refractivity contribution < 1.29 is 9.53 Å². The number of carbonyl (C=O) groups excluding carboxylic acids is 1. The largest absolute Gasteiger partial charge is 0.497 e. The number of aromatic nitrogens is 7. The third-order valence-electron chi connectivity index (χ3n) is 6.07. The molecule has 5 aromatic rings. The molecule has 0 saturated heterocycles. The SMILES string of the molecule is COc1cccc(-c2cc3cc(CCCCn4cc(C(=O)NCc5ccc(C)nc5)nn4)nnc3[nH]2)c1. The summed E-state index contributed by atoms with van der Waals surface area (Å²) in [6.45, 7) is 2.99. The van der Waals surface area contributed by atoms with Gasteiger partial charge in [0.1, 0.15) is 5.75 Å². The Balaban J connectivity index is 1.11. The minimum atomic E-state index is -0.254.